The van der Waals surface area contributed by atoms with E-state index in [9.17, 15) is 0 Å². The Morgan fingerprint density at radius 2 is 1.14 bits per heavy atom. The smallest absolute Gasteiger partial charge is 0.155 e. The highest BCUT2D eigenvalue weighted by Gasteiger charge is 2.20. The van der Waals surface area contributed by atoms with Gasteiger partial charge >= 0.3 is 0 Å². The van der Waals surface area contributed by atoms with Gasteiger partial charge in [0.15, 0.2) is 6.29 Å². The molecule has 0 aromatic heterocycles. The fourth-order valence-corrected chi connectivity index (χ4v) is 2.78. The van der Waals surface area contributed by atoms with Crippen molar-refractivity contribution < 1.29 is 0 Å². The molecular weight excluding hydrogens is 258 g/mol. The van der Waals surface area contributed by atoms with Crippen molar-refractivity contribution in [3.05, 3.63) is 60.7 Å². The van der Waals surface area contributed by atoms with Gasteiger partial charge in [-0.25, -0.2) is 0 Å². The Morgan fingerprint density at radius 1 is 0.667 bits per heavy atom. The summed E-state index contributed by atoms with van der Waals surface area (Å²) in [5.41, 5.74) is 2.30. The molecule has 3 heteroatoms. The van der Waals surface area contributed by atoms with Crippen LogP contribution in [0.5, 0.6) is 0 Å². The van der Waals surface area contributed by atoms with Crippen LogP contribution in [0.3, 0.4) is 0 Å². The van der Waals surface area contributed by atoms with E-state index in [4.69, 9.17) is 0 Å². The molecule has 0 radical (unpaired) electrons. The molecule has 1 aliphatic heterocycles. The van der Waals surface area contributed by atoms with Gasteiger partial charge in [0.05, 0.1) is 0 Å². The van der Waals surface area contributed by atoms with Crippen molar-refractivity contribution in [3.8, 4) is 0 Å². The zero-order chi connectivity index (χ0) is 14.3. The number of nitrogens with zero attached hydrogens (tertiary/aromatic N) is 1. The third-order valence-electron chi connectivity index (χ3n) is 3.91. The first kappa shape index (κ1) is 14.0. The maximum atomic E-state index is 3.61. The fourth-order valence-electron chi connectivity index (χ4n) is 2.78. The predicted octanol–water partition coefficient (Wildman–Crippen LogP) is 3.98. The standard InChI is InChI=1S/C18H23N3/c1-4-10-16(11-5-1)19-18(21-14-8-3-9-15-21)20-17-12-6-2-7-13-17/h1-2,4-7,10-13,18-20H,3,8-9,14-15H2. The first-order chi connectivity index (χ1) is 10.4. The summed E-state index contributed by atoms with van der Waals surface area (Å²) in [7, 11) is 0. The predicted molar refractivity (Wildman–Crippen MR) is 89.3 cm³/mol. The molecule has 3 nitrogen and oxygen atoms in total. The van der Waals surface area contributed by atoms with E-state index in [1.807, 2.05) is 12.1 Å². The van der Waals surface area contributed by atoms with E-state index in [-0.39, 0.29) is 6.29 Å². The van der Waals surface area contributed by atoms with Crippen molar-refractivity contribution in [3.63, 3.8) is 0 Å². The topological polar surface area (TPSA) is 27.3 Å². The summed E-state index contributed by atoms with van der Waals surface area (Å²) in [5.74, 6) is 0. The number of anilines is 2. The molecule has 1 fully saturated rings. The maximum Gasteiger partial charge on any atom is 0.155 e. The van der Waals surface area contributed by atoms with E-state index in [0.717, 1.165) is 24.5 Å². The van der Waals surface area contributed by atoms with E-state index in [1.165, 1.54) is 19.3 Å². The molecule has 3 rings (SSSR count). The summed E-state index contributed by atoms with van der Waals surface area (Å²) in [6.45, 7) is 2.29. The van der Waals surface area contributed by atoms with Crippen LogP contribution in [0.25, 0.3) is 0 Å². The normalized spacial score (nSPS) is 15.9. The molecular formula is C18H23N3. The average molecular weight is 281 g/mol. The van der Waals surface area contributed by atoms with E-state index in [2.05, 4.69) is 64.1 Å². The number of likely N-dealkylation sites (tertiary alicyclic amines) is 1. The molecule has 2 N–H and O–H groups in total. The van der Waals surface area contributed by atoms with Gasteiger partial charge in [-0.1, -0.05) is 42.8 Å². The molecule has 0 bridgehead atoms. The number of piperidine rings is 1. The highest BCUT2D eigenvalue weighted by molar-refractivity contribution is 5.48. The Hall–Kier alpha value is -2.00. The van der Waals surface area contributed by atoms with E-state index in [1.54, 1.807) is 0 Å². The first-order valence-corrected chi connectivity index (χ1v) is 7.79. The number of hydrogen-bond donors (Lipinski definition) is 2. The van der Waals surface area contributed by atoms with Crippen LogP contribution in [0.4, 0.5) is 11.4 Å². The third kappa shape index (κ3) is 3.99. The lowest BCUT2D eigenvalue weighted by atomic mass is 10.1. The SMILES string of the molecule is c1ccc(NC(Nc2ccccc2)N2CCCCC2)cc1. The van der Waals surface area contributed by atoms with Crippen molar-refractivity contribution >= 4 is 11.4 Å². The molecule has 0 unspecified atom stereocenters. The van der Waals surface area contributed by atoms with Gasteiger partial charge in [0.2, 0.25) is 0 Å². The maximum absolute atomic E-state index is 3.61. The van der Waals surface area contributed by atoms with Gasteiger partial charge < -0.3 is 10.6 Å². The molecule has 21 heavy (non-hydrogen) atoms. The van der Waals surface area contributed by atoms with Gasteiger partial charge in [0, 0.05) is 24.5 Å². The molecule has 2 aromatic rings. The summed E-state index contributed by atoms with van der Waals surface area (Å²) >= 11 is 0. The second kappa shape index (κ2) is 7.14. The Balaban J connectivity index is 1.73. The van der Waals surface area contributed by atoms with Crippen LogP contribution in [0.15, 0.2) is 60.7 Å². The minimum atomic E-state index is 0.134. The van der Waals surface area contributed by atoms with Crippen molar-refractivity contribution in [2.24, 2.45) is 0 Å². The lowest BCUT2D eigenvalue weighted by Crippen LogP contribution is -2.48. The Kier molecular flexibility index (Phi) is 4.74. The summed E-state index contributed by atoms with van der Waals surface area (Å²) in [5, 5.41) is 7.22. The second-order valence-electron chi connectivity index (χ2n) is 5.52. The van der Waals surface area contributed by atoms with Crippen molar-refractivity contribution in [1.82, 2.24) is 4.90 Å². The number of benzene rings is 2. The van der Waals surface area contributed by atoms with Gasteiger partial charge in [-0.3, -0.25) is 4.90 Å². The highest BCUT2D eigenvalue weighted by Crippen LogP contribution is 2.17. The zero-order valence-electron chi connectivity index (χ0n) is 12.3. The number of rotatable bonds is 5. The lowest BCUT2D eigenvalue weighted by Gasteiger charge is -2.36. The Labute approximate surface area is 127 Å². The molecule has 0 saturated carbocycles. The Bertz CT molecular complexity index is 479. The van der Waals surface area contributed by atoms with Crippen molar-refractivity contribution in [2.75, 3.05) is 23.7 Å². The molecule has 0 amide bonds. The second-order valence-corrected chi connectivity index (χ2v) is 5.52. The summed E-state index contributed by atoms with van der Waals surface area (Å²) in [6, 6.07) is 20.8. The highest BCUT2D eigenvalue weighted by atomic mass is 15.4. The van der Waals surface area contributed by atoms with Gasteiger partial charge in [-0.2, -0.15) is 0 Å². The van der Waals surface area contributed by atoms with Crippen LogP contribution < -0.4 is 10.6 Å². The molecule has 0 spiro atoms. The minimum Gasteiger partial charge on any atom is -0.353 e. The van der Waals surface area contributed by atoms with Crippen LogP contribution >= 0.6 is 0 Å². The monoisotopic (exact) mass is 281 g/mol. The van der Waals surface area contributed by atoms with Crippen LogP contribution in [-0.2, 0) is 0 Å². The van der Waals surface area contributed by atoms with Gasteiger partial charge in [0.1, 0.15) is 0 Å². The fraction of sp³-hybridized carbons (Fsp3) is 0.333. The largest absolute Gasteiger partial charge is 0.353 e. The first-order valence-electron chi connectivity index (χ1n) is 7.79. The molecule has 110 valence electrons. The molecule has 2 aromatic carbocycles. The van der Waals surface area contributed by atoms with Crippen molar-refractivity contribution in [1.29, 1.82) is 0 Å². The lowest BCUT2D eigenvalue weighted by molar-refractivity contribution is 0.195. The van der Waals surface area contributed by atoms with Gasteiger partial charge in [-0.05, 0) is 37.1 Å². The quantitative estimate of drug-likeness (QED) is 0.812. The molecule has 1 saturated heterocycles. The number of nitrogens with one attached hydrogen (secondary N) is 2. The molecule has 1 aliphatic rings. The summed E-state index contributed by atoms with van der Waals surface area (Å²) < 4.78 is 0. The minimum absolute atomic E-state index is 0.134. The third-order valence-corrected chi connectivity index (χ3v) is 3.91. The van der Waals surface area contributed by atoms with Crippen LogP contribution in [0.1, 0.15) is 19.3 Å². The van der Waals surface area contributed by atoms with Gasteiger partial charge in [-0.15, -0.1) is 0 Å². The van der Waals surface area contributed by atoms with E-state index < -0.39 is 0 Å². The Morgan fingerprint density at radius 3 is 1.62 bits per heavy atom. The average Bonchev–Trinajstić information content (AvgIpc) is 2.57. The summed E-state index contributed by atoms with van der Waals surface area (Å²) in [4.78, 5) is 2.49. The van der Waals surface area contributed by atoms with Crippen molar-refractivity contribution in [2.45, 2.75) is 25.6 Å². The molecule has 1 heterocycles. The van der Waals surface area contributed by atoms with Crippen LogP contribution in [0, 0.1) is 0 Å². The zero-order valence-corrected chi connectivity index (χ0v) is 12.3. The summed E-state index contributed by atoms with van der Waals surface area (Å²) in [6.07, 6.45) is 4.04. The number of hydrogen-bond acceptors (Lipinski definition) is 3. The molecule has 0 aliphatic carbocycles. The van der Waals surface area contributed by atoms with Crippen LogP contribution in [-0.4, -0.2) is 24.3 Å². The molecule has 0 atom stereocenters. The van der Waals surface area contributed by atoms with Gasteiger partial charge in [0.25, 0.3) is 0 Å². The van der Waals surface area contributed by atoms with Crippen LogP contribution in [0.2, 0.25) is 0 Å². The van der Waals surface area contributed by atoms with E-state index in [0.29, 0.717) is 0 Å². The van der Waals surface area contributed by atoms with E-state index >= 15 is 0 Å². The number of para-hydroxylation sites is 2.